The average molecular weight is 262 g/mol. The standard InChI is InChI=1S/C14H18N2O3/c1-10-5-4-8-16(9-10)14(19)15-12-7-3-2-6-11(12)13(17)18/h2-3,6-7,10H,4-5,8-9H2,1H3,(H,15,19)(H,17,18). The number of aromatic carboxylic acids is 1. The van der Waals surface area contributed by atoms with Gasteiger partial charge in [0.1, 0.15) is 0 Å². The van der Waals surface area contributed by atoms with E-state index < -0.39 is 5.97 Å². The van der Waals surface area contributed by atoms with Crippen LogP contribution in [0.5, 0.6) is 0 Å². The number of carboxylic acid groups (broad SMARTS) is 1. The van der Waals surface area contributed by atoms with E-state index in [0.29, 0.717) is 11.6 Å². The zero-order valence-corrected chi connectivity index (χ0v) is 10.9. The van der Waals surface area contributed by atoms with E-state index in [1.165, 1.54) is 6.07 Å². The number of amides is 2. The quantitative estimate of drug-likeness (QED) is 0.860. The minimum atomic E-state index is -1.04. The first kappa shape index (κ1) is 13.4. The predicted octanol–water partition coefficient (Wildman–Crippen LogP) is 2.65. The van der Waals surface area contributed by atoms with Gasteiger partial charge in [0, 0.05) is 13.1 Å². The lowest BCUT2D eigenvalue weighted by Gasteiger charge is -2.31. The minimum Gasteiger partial charge on any atom is -0.478 e. The van der Waals surface area contributed by atoms with Crippen molar-refractivity contribution in [2.24, 2.45) is 5.92 Å². The molecule has 0 bridgehead atoms. The Morgan fingerprint density at radius 2 is 2.11 bits per heavy atom. The third-order valence-electron chi connectivity index (χ3n) is 3.34. The van der Waals surface area contributed by atoms with Crippen LogP contribution in [0.3, 0.4) is 0 Å². The second-order valence-corrected chi connectivity index (χ2v) is 4.97. The highest BCUT2D eigenvalue weighted by atomic mass is 16.4. The molecule has 1 atom stereocenters. The number of piperidine rings is 1. The van der Waals surface area contributed by atoms with Crippen LogP contribution < -0.4 is 5.32 Å². The Kier molecular flexibility index (Phi) is 4.04. The normalized spacial score (nSPS) is 19.0. The van der Waals surface area contributed by atoms with Gasteiger partial charge in [-0.1, -0.05) is 19.1 Å². The number of anilines is 1. The Morgan fingerprint density at radius 3 is 2.79 bits per heavy atom. The summed E-state index contributed by atoms with van der Waals surface area (Å²) in [5.41, 5.74) is 0.458. The number of hydrogen-bond donors (Lipinski definition) is 2. The lowest BCUT2D eigenvalue weighted by atomic mass is 10.0. The predicted molar refractivity (Wildman–Crippen MR) is 72.4 cm³/mol. The number of carbonyl (C=O) groups excluding carboxylic acids is 1. The van der Waals surface area contributed by atoms with E-state index in [0.717, 1.165) is 25.9 Å². The molecule has 1 fully saturated rings. The number of likely N-dealkylation sites (tertiary alicyclic amines) is 1. The van der Waals surface area contributed by atoms with Crippen molar-refractivity contribution in [2.75, 3.05) is 18.4 Å². The molecular formula is C14H18N2O3. The van der Waals surface area contributed by atoms with Gasteiger partial charge in [0.2, 0.25) is 0 Å². The number of nitrogens with one attached hydrogen (secondary N) is 1. The highest BCUT2D eigenvalue weighted by molar-refractivity contribution is 5.99. The average Bonchev–Trinajstić information content (AvgIpc) is 2.39. The molecule has 2 amide bonds. The van der Waals surface area contributed by atoms with Gasteiger partial charge in [-0.2, -0.15) is 0 Å². The molecular weight excluding hydrogens is 244 g/mol. The van der Waals surface area contributed by atoms with Crippen molar-refractivity contribution < 1.29 is 14.7 Å². The summed E-state index contributed by atoms with van der Waals surface area (Å²) in [5, 5.41) is 11.8. The van der Waals surface area contributed by atoms with Crippen molar-refractivity contribution in [3.05, 3.63) is 29.8 Å². The number of urea groups is 1. The SMILES string of the molecule is CC1CCCN(C(=O)Nc2ccccc2C(=O)O)C1. The molecule has 1 aliphatic rings. The van der Waals surface area contributed by atoms with Gasteiger partial charge in [0.05, 0.1) is 11.3 Å². The van der Waals surface area contributed by atoms with Crippen LogP contribution in [-0.4, -0.2) is 35.1 Å². The Balaban J connectivity index is 2.08. The topological polar surface area (TPSA) is 69.6 Å². The van der Waals surface area contributed by atoms with Crippen LogP contribution >= 0.6 is 0 Å². The summed E-state index contributed by atoms with van der Waals surface area (Å²) in [7, 11) is 0. The monoisotopic (exact) mass is 262 g/mol. The summed E-state index contributed by atoms with van der Waals surface area (Å²) in [5.74, 6) is -0.544. The highest BCUT2D eigenvalue weighted by Crippen LogP contribution is 2.19. The summed E-state index contributed by atoms with van der Waals surface area (Å²) < 4.78 is 0. The molecule has 19 heavy (non-hydrogen) atoms. The summed E-state index contributed by atoms with van der Waals surface area (Å²) in [6, 6.07) is 6.22. The molecule has 0 aliphatic carbocycles. The first-order chi connectivity index (χ1) is 9.08. The lowest BCUT2D eigenvalue weighted by Crippen LogP contribution is -2.41. The van der Waals surface area contributed by atoms with E-state index in [9.17, 15) is 9.59 Å². The first-order valence-corrected chi connectivity index (χ1v) is 6.46. The number of nitrogens with zero attached hydrogens (tertiary/aromatic N) is 1. The van der Waals surface area contributed by atoms with Crippen molar-refractivity contribution in [2.45, 2.75) is 19.8 Å². The Bertz CT molecular complexity index is 487. The van der Waals surface area contributed by atoms with E-state index in [2.05, 4.69) is 12.2 Å². The van der Waals surface area contributed by atoms with Gasteiger partial charge >= 0.3 is 12.0 Å². The summed E-state index contributed by atoms with van der Waals surface area (Å²) in [6.45, 7) is 3.57. The van der Waals surface area contributed by atoms with E-state index in [4.69, 9.17) is 5.11 Å². The van der Waals surface area contributed by atoms with E-state index in [1.807, 2.05) is 0 Å². The zero-order valence-electron chi connectivity index (χ0n) is 10.9. The van der Waals surface area contributed by atoms with Crippen LogP contribution in [-0.2, 0) is 0 Å². The maximum Gasteiger partial charge on any atom is 0.337 e. The molecule has 1 aromatic rings. The summed E-state index contributed by atoms with van der Waals surface area (Å²) >= 11 is 0. The molecule has 1 saturated heterocycles. The van der Waals surface area contributed by atoms with Crippen LogP contribution in [0.15, 0.2) is 24.3 Å². The van der Waals surface area contributed by atoms with Crippen LogP contribution in [0.1, 0.15) is 30.1 Å². The van der Waals surface area contributed by atoms with Crippen LogP contribution in [0.2, 0.25) is 0 Å². The van der Waals surface area contributed by atoms with E-state index in [-0.39, 0.29) is 11.6 Å². The molecule has 2 N–H and O–H groups in total. The molecule has 1 unspecified atom stereocenters. The molecule has 1 aliphatic heterocycles. The van der Waals surface area contributed by atoms with Crippen molar-refractivity contribution in [1.82, 2.24) is 4.90 Å². The summed E-state index contributed by atoms with van der Waals surface area (Å²) in [6.07, 6.45) is 2.13. The number of carboxylic acids is 1. The zero-order chi connectivity index (χ0) is 13.8. The van der Waals surface area contributed by atoms with Gasteiger partial charge < -0.3 is 15.3 Å². The van der Waals surface area contributed by atoms with Gasteiger partial charge in [-0.25, -0.2) is 9.59 Å². The van der Waals surface area contributed by atoms with Gasteiger partial charge in [-0.05, 0) is 30.9 Å². The minimum absolute atomic E-state index is 0.112. The largest absolute Gasteiger partial charge is 0.478 e. The number of carbonyl (C=O) groups is 2. The van der Waals surface area contributed by atoms with Gasteiger partial charge in [0.15, 0.2) is 0 Å². The van der Waals surface area contributed by atoms with Crippen LogP contribution in [0.4, 0.5) is 10.5 Å². The molecule has 0 saturated carbocycles. The van der Waals surface area contributed by atoms with Crippen LogP contribution in [0, 0.1) is 5.92 Å². The maximum absolute atomic E-state index is 12.1. The molecule has 5 heteroatoms. The third kappa shape index (κ3) is 3.24. The number of hydrogen-bond acceptors (Lipinski definition) is 2. The van der Waals surface area contributed by atoms with E-state index >= 15 is 0 Å². The highest BCUT2D eigenvalue weighted by Gasteiger charge is 2.22. The molecule has 2 rings (SSSR count). The summed E-state index contributed by atoms with van der Waals surface area (Å²) in [4.78, 5) is 24.9. The second-order valence-electron chi connectivity index (χ2n) is 4.97. The van der Waals surface area contributed by atoms with Crippen molar-refractivity contribution in [3.8, 4) is 0 Å². The number of rotatable bonds is 2. The molecule has 0 radical (unpaired) electrons. The third-order valence-corrected chi connectivity index (χ3v) is 3.34. The Morgan fingerprint density at radius 1 is 1.37 bits per heavy atom. The van der Waals surface area contributed by atoms with Gasteiger partial charge in [-0.15, -0.1) is 0 Å². The van der Waals surface area contributed by atoms with E-state index in [1.54, 1.807) is 23.1 Å². The van der Waals surface area contributed by atoms with Crippen molar-refractivity contribution in [3.63, 3.8) is 0 Å². The van der Waals surface area contributed by atoms with Crippen molar-refractivity contribution in [1.29, 1.82) is 0 Å². The lowest BCUT2D eigenvalue weighted by molar-refractivity contribution is 0.0698. The Labute approximate surface area is 112 Å². The maximum atomic E-state index is 12.1. The van der Waals surface area contributed by atoms with Crippen LogP contribution in [0.25, 0.3) is 0 Å². The fourth-order valence-electron chi connectivity index (χ4n) is 2.35. The second kappa shape index (κ2) is 5.73. The fourth-order valence-corrected chi connectivity index (χ4v) is 2.35. The van der Waals surface area contributed by atoms with Gasteiger partial charge in [-0.3, -0.25) is 0 Å². The first-order valence-electron chi connectivity index (χ1n) is 6.46. The van der Waals surface area contributed by atoms with Crippen molar-refractivity contribution >= 4 is 17.7 Å². The molecule has 1 heterocycles. The fraction of sp³-hybridized carbons (Fsp3) is 0.429. The molecule has 1 aromatic carbocycles. The molecule has 0 aromatic heterocycles. The molecule has 5 nitrogen and oxygen atoms in total. The molecule has 0 spiro atoms. The Hall–Kier alpha value is -2.04. The number of benzene rings is 1. The number of para-hydroxylation sites is 1. The van der Waals surface area contributed by atoms with Gasteiger partial charge in [0.25, 0.3) is 0 Å². The smallest absolute Gasteiger partial charge is 0.337 e. The molecule has 102 valence electrons.